The summed E-state index contributed by atoms with van der Waals surface area (Å²) < 4.78 is -0.356. The highest BCUT2D eigenvalue weighted by atomic mass is 35.5. The van der Waals surface area contributed by atoms with E-state index in [1.807, 2.05) is 0 Å². The van der Waals surface area contributed by atoms with Crippen molar-refractivity contribution in [2.45, 2.75) is 55.4 Å². The summed E-state index contributed by atoms with van der Waals surface area (Å²) in [6.45, 7) is 13.0. The Hall–Kier alpha value is 1.02. The van der Waals surface area contributed by atoms with E-state index in [0.717, 1.165) is 9.81 Å². The first-order chi connectivity index (χ1) is 6.43. The number of rotatable bonds is 2. The Morgan fingerprint density at radius 2 is 1.07 bits per heavy atom. The third-order valence-electron chi connectivity index (χ3n) is 1.53. The molecule has 0 N–H and O–H groups in total. The monoisotopic (exact) mass is 284 g/mol. The van der Waals surface area contributed by atoms with Crippen molar-refractivity contribution in [1.29, 1.82) is 0 Å². The van der Waals surface area contributed by atoms with Crippen LogP contribution in [0.4, 0.5) is 0 Å². The zero-order chi connectivity index (χ0) is 12.1. The van der Waals surface area contributed by atoms with Crippen LogP contribution in [0, 0.1) is 0 Å². The van der Waals surface area contributed by atoms with Gasteiger partial charge in [0.2, 0.25) is 0 Å². The molecule has 0 aliphatic heterocycles. The van der Waals surface area contributed by atoms with Gasteiger partial charge >= 0.3 is 0 Å². The zero-order valence-electron chi connectivity index (χ0n) is 10.1. The number of hydrogen-bond donors (Lipinski definition) is 0. The lowest BCUT2D eigenvalue weighted by molar-refractivity contribution is 0.806. The maximum absolute atomic E-state index is 6.24. The van der Waals surface area contributed by atoms with E-state index in [2.05, 4.69) is 41.5 Å². The predicted octanol–water partition coefficient (Wildman–Crippen LogP) is 5.45. The summed E-state index contributed by atoms with van der Waals surface area (Å²) in [5, 5.41) is 0. The Balaban J connectivity index is 2.71. The van der Waals surface area contributed by atoms with Crippen LogP contribution in [0.25, 0.3) is 0 Å². The lowest BCUT2D eigenvalue weighted by Gasteiger charge is -2.16. The highest BCUT2D eigenvalue weighted by molar-refractivity contribution is 8.09. The second-order valence-electron chi connectivity index (χ2n) is 5.66. The molecule has 1 aliphatic carbocycles. The van der Waals surface area contributed by atoms with Gasteiger partial charge in [-0.15, -0.1) is 23.5 Å². The van der Waals surface area contributed by atoms with Crippen LogP contribution in [0.3, 0.4) is 0 Å². The van der Waals surface area contributed by atoms with Crippen LogP contribution in [0.2, 0.25) is 0 Å². The van der Waals surface area contributed by atoms with Crippen LogP contribution in [0.5, 0.6) is 0 Å². The molecule has 0 unspecified atom stereocenters. The number of alkyl halides is 2. The lowest BCUT2D eigenvalue weighted by Crippen LogP contribution is -2.08. The molecule has 0 bridgehead atoms. The molecule has 0 nitrogen and oxygen atoms in total. The van der Waals surface area contributed by atoms with E-state index in [-0.39, 0.29) is 9.49 Å². The van der Waals surface area contributed by atoms with E-state index in [9.17, 15) is 0 Å². The van der Waals surface area contributed by atoms with E-state index in [4.69, 9.17) is 23.2 Å². The van der Waals surface area contributed by atoms with Gasteiger partial charge in [-0.25, -0.2) is 0 Å². The SMILES string of the molecule is CC(C)(C)SC1=C(SC(C)(C)C)C1(Cl)Cl. The summed E-state index contributed by atoms with van der Waals surface area (Å²) in [6.07, 6.45) is 0. The highest BCUT2D eigenvalue weighted by Gasteiger charge is 2.54. The molecule has 0 saturated carbocycles. The van der Waals surface area contributed by atoms with Crippen LogP contribution in [0.15, 0.2) is 9.81 Å². The van der Waals surface area contributed by atoms with Gasteiger partial charge in [0.15, 0.2) is 4.33 Å². The fraction of sp³-hybridized carbons (Fsp3) is 0.818. The lowest BCUT2D eigenvalue weighted by atomic mass is 10.3. The summed E-state index contributed by atoms with van der Waals surface area (Å²) in [4.78, 5) is 2.27. The largest absolute Gasteiger partial charge is 0.181 e. The molecule has 15 heavy (non-hydrogen) atoms. The Morgan fingerprint density at radius 1 is 0.800 bits per heavy atom. The molecule has 0 radical (unpaired) electrons. The number of hydrogen-bond acceptors (Lipinski definition) is 2. The van der Waals surface area contributed by atoms with Crippen molar-refractivity contribution in [2.75, 3.05) is 0 Å². The zero-order valence-corrected chi connectivity index (χ0v) is 13.2. The quantitative estimate of drug-likeness (QED) is 0.619. The third kappa shape index (κ3) is 4.07. The number of halogens is 2. The normalized spacial score (nSPS) is 20.8. The molecule has 1 rings (SSSR count). The summed E-state index contributed by atoms with van der Waals surface area (Å²) in [6, 6.07) is 0. The Labute approximate surface area is 112 Å². The van der Waals surface area contributed by atoms with Gasteiger partial charge in [-0.1, -0.05) is 64.7 Å². The van der Waals surface area contributed by atoms with Gasteiger partial charge in [-0.2, -0.15) is 0 Å². The van der Waals surface area contributed by atoms with Crippen LogP contribution in [0.1, 0.15) is 41.5 Å². The third-order valence-corrected chi connectivity index (χ3v) is 5.52. The first kappa shape index (κ1) is 14.1. The molecular weight excluding hydrogens is 267 g/mol. The molecular formula is C11H18Cl2S2. The molecule has 0 fully saturated rings. The van der Waals surface area contributed by atoms with E-state index in [1.54, 1.807) is 23.5 Å². The molecule has 1 aliphatic rings. The maximum atomic E-state index is 6.24. The predicted molar refractivity (Wildman–Crippen MR) is 76.2 cm³/mol. The van der Waals surface area contributed by atoms with Gasteiger partial charge in [-0.3, -0.25) is 0 Å². The van der Waals surface area contributed by atoms with E-state index in [0.29, 0.717) is 0 Å². The average Bonchev–Trinajstić information content (AvgIpc) is 2.32. The smallest absolute Gasteiger partial charge is 0.120 e. The molecule has 88 valence electrons. The van der Waals surface area contributed by atoms with Crippen molar-refractivity contribution in [3.63, 3.8) is 0 Å². The number of thioether (sulfide) groups is 2. The Bertz CT molecular complexity index is 265. The maximum Gasteiger partial charge on any atom is 0.181 e. The summed E-state index contributed by atoms with van der Waals surface area (Å²) in [7, 11) is 0. The van der Waals surface area contributed by atoms with Gasteiger partial charge in [0.05, 0.1) is 0 Å². The first-order valence-corrected chi connectivity index (χ1v) is 7.33. The van der Waals surface area contributed by atoms with Crippen LogP contribution in [-0.2, 0) is 0 Å². The van der Waals surface area contributed by atoms with Gasteiger partial charge < -0.3 is 0 Å². The fourth-order valence-electron chi connectivity index (χ4n) is 1.03. The van der Waals surface area contributed by atoms with Crippen LogP contribution < -0.4 is 0 Å². The molecule has 0 saturated heterocycles. The van der Waals surface area contributed by atoms with Crippen molar-refractivity contribution >= 4 is 46.7 Å². The molecule has 0 aromatic heterocycles. The van der Waals surface area contributed by atoms with Crippen molar-refractivity contribution in [3.05, 3.63) is 9.81 Å². The fourth-order valence-corrected chi connectivity index (χ4v) is 4.39. The topological polar surface area (TPSA) is 0 Å². The van der Waals surface area contributed by atoms with Crippen LogP contribution >= 0.6 is 46.7 Å². The molecule has 0 atom stereocenters. The second kappa shape index (κ2) is 4.04. The first-order valence-electron chi connectivity index (χ1n) is 4.94. The van der Waals surface area contributed by atoms with Gasteiger partial charge in [0, 0.05) is 19.3 Å². The van der Waals surface area contributed by atoms with Gasteiger partial charge in [-0.05, 0) is 0 Å². The molecule has 0 spiro atoms. The van der Waals surface area contributed by atoms with Crippen molar-refractivity contribution in [1.82, 2.24) is 0 Å². The standard InChI is InChI=1S/C11H18Cl2S2/c1-9(2,3)14-7-8(11(7,12)13)15-10(4,5)6/h1-6H3. The molecule has 0 amide bonds. The van der Waals surface area contributed by atoms with Crippen molar-refractivity contribution in [3.8, 4) is 0 Å². The minimum Gasteiger partial charge on any atom is -0.120 e. The van der Waals surface area contributed by atoms with Gasteiger partial charge in [0.1, 0.15) is 0 Å². The minimum absolute atomic E-state index is 0.171. The highest BCUT2D eigenvalue weighted by Crippen LogP contribution is 2.66. The summed E-state index contributed by atoms with van der Waals surface area (Å²) in [5.41, 5.74) is 0. The van der Waals surface area contributed by atoms with Crippen molar-refractivity contribution < 1.29 is 0 Å². The van der Waals surface area contributed by atoms with Gasteiger partial charge in [0.25, 0.3) is 0 Å². The van der Waals surface area contributed by atoms with E-state index in [1.165, 1.54) is 0 Å². The number of allylic oxidation sites excluding steroid dienone is 2. The van der Waals surface area contributed by atoms with Crippen molar-refractivity contribution in [2.24, 2.45) is 0 Å². The Kier molecular flexibility index (Phi) is 3.80. The minimum atomic E-state index is -0.699. The molecule has 4 heteroatoms. The molecule has 0 aromatic rings. The Morgan fingerprint density at radius 3 is 1.27 bits per heavy atom. The molecule has 0 heterocycles. The summed E-state index contributed by atoms with van der Waals surface area (Å²) in [5.74, 6) is 0. The summed E-state index contributed by atoms with van der Waals surface area (Å²) >= 11 is 16.0. The van der Waals surface area contributed by atoms with E-state index >= 15 is 0 Å². The van der Waals surface area contributed by atoms with Crippen LogP contribution in [-0.4, -0.2) is 13.8 Å². The molecule has 0 aromatic carbocycles. The average molecular weight is 285 g/mol. The van der Waals surface area contributed by atoms with E-state index < -0.39 is 4.33 Å². The second-order valence-corrected chi connectivity index (χ2v) is 10.7.